The van der Waals surface area contributed by atoms with Gasteiger partial charge in [-0.2, -0.15) is 5.10 Å². The smallest absolute Gasteiger partial charge is 0.272 e. The molecule has 0 radical (unpaired) electrons. The number of nitrogens with zero attached hydrogens (tertiary/aromatic N) is 3. The largest absolute Gasteiger partial charge is 0.331 e. The number of hydrogen-bond donors (Lipinski definition) is 1. The molecular formula is C18H23BrN4O2. The topological polar surface area (TPSA) is 67.2 Å². The van der Waals surface area contributed by atoms with Crippen LogP contribution in [0.1, 0.15) is 42.9 Å². The fourth-order valence-corrected chi connectivity index (χ4v) is 2.75. The first-order valence-electron chi connectivity index (χ1n) is 8.21. The minimum atomic E-state index is -0.255. The van der Waals surface area contributed by atoms with E-state index in [9.17, 15) is 9.59 Å². The third kappa shape index (κ3) is 4.69. The Kier molecular flexibility index (Phi) is 6.36. The SMILES string of the molecule is CCn1nc(C(C)C)cc1C(=O)N(C)CC(=O)Nc1ccccc1Br. The van der Waals surface area contributed by atoms with Crippen LogP contribution >= 0.6 is 15.9 Å². The number of carbonyl (C=O) groups is 2. The Balaban J connectivity index is 2.07. The van der Waals surface area contributed by atoms with Crippen LogP contribution in [-0.2, 0) is 11.3 Å². The molecule has 0 aliphatic rings. The number of aromatic nitrogens is 2. The molecule has 2 rings (SSSR count). The van der Waals surface area contributed by atoms with Gasteiger partial charge in [0.25, 0.3) is 5.91 Å². The van der Waals surface area contributed by atoms with Crippen LogP contribution in [0.25, 0.3) is 0 Å². The normalized spacial score (nSPS) is 10.8. The van der Waals surface area contributed by atoms with E-state index in [0.717, 1.165) is 10.2 Å². The molecule has 1 aromatic carbocycles. The molecule has 0 aliphatic heterocycles. The summed E-state index contributed by atoms with van der Waals surface area (Å²) in [7, 11) is 1.62. The fourth-order valence-electron chi connectivity index (χ4n) is 2.37. The molecule has 2 amide bonds. The molecule has 7 heteroatoms. The fraction of sp³-hybridized carbons (Fsp3) is 0.389. The molecule has 134 valence electrons. The minimum absolute atomic E-state index is 0.0356. The van der Waals surface area contributed by atoms with E-state index < -0.39 is 0 Å². The van der Waals surface area contributed by atoms with E-state index in [0.29, 0.717) is 17.9 Å². The van der Waals surface area contributed by atoms with E-state index in [2.05, 4.69) is 26.3 Å². The number of carbonyl (C=O) groups excluding carboxylic acids is 2. The van der Waals surface area contributed by atoms with Gasteiger partial charge in [-0.05, 0) is 47.0 Å². The van der Waals surface area contributed by atoms with Gasteiger partial charge in [0.1, 0.15) is 5.69 Å². The average Bonchev–Trinajstić information content (AvgIpc) is 3.00. The average molecular weight is 407 g/mol. The maximum atomic E-state index is 12.7. The Morgan fingerprint density at radius 1 is 1.32 bits per heavy atom. The summed E-state index contributed by atoms with van der Waals surface area (Å²) in [6.45, 7) is 6.57. The highest BCUT2D eigenvalue weighted by Gasteiger charge is 2.21. The predicted octanol–water partition coefficient (Wildman–Crippen LogP) is 3.50. The number of aryl methyl sites for hydroxylation is 1. The van der Waals surface area contributed by atoms with Gasteiger partial charge in [-0.1, -0.05) is 26.0 Å². The van der Waals surface area contributed by atoms with E-state index >= 15 is 0 Å². The summed E-state index contributed by atoms with van der Waals surface area (Å²) >= 11 is 3.38. The summed E-state index contributed by atoms with van der Waals surface area (Å²) in [6, 6.07) is 9.15. The molecule has 1 N–H and O–H groups in total. The lowest BCUT2D eigenvalue weighted by Gasteiger charge is -2.17. The lowest BCUT2D eigenvalue weighted by molar-refractivity contribution is -0.116. The van der Waals surface area contributed by atoms with Crippen LogP contribution in [0.4, 0.5) is 5.69 Å². The number of benzene rings is 1. The summed E-state index contributed by atoms with van der Waals surface area (Å²) in [5.41, 5.74) is 2.05. The Hall–Kier alpha value is -2.15. The minimum Gasteiger partial charge on any atom is -0.331 e. The summed E-state index contributed by atoms with van der Waals surface area (Å²) in [6.07, 6.45) is 0. The maximum absolute atomic E-state index is 12.7. The number of amides is 2. The molecule has 25 heavy (non-hydrogen) atoms. The van der Waals surface area contributed by atoms with Crippen LogP contribution in [0.15, 0.2) is 34.8 Å². The van der Waals surface area contributed by atoms with E-state index in [1.807, 2.05) is 39.0 Å². The van der Waals surface area contributed by atoms with Crippen molar-refractivity contribution in [3.63, 3.8) is 0 Å². The van der Waals surface area contributed by atoms with Crippen LogP contribution in [0.3, 0.4) is 0 Å². The van der Waals surface area contributed by atoms with E-state index in [-0.39, 0.29) is 24.3 Å². The zero-order valence-corrected chi connectivity index (χ0v) is 16.5. The summed E-state index contributed by atoms with van der Waals surface area (Å²) in [5, 5.41) is 7.25. The second kappa shape index (κ2) is 8.29. The standard InChI is InChI=1S/C18H23BrN4O2/c1-5-23-16(10-15(21-23)12(2)3)18(25)22(4)11-17(24)20-14-9-7-6-8-13(14)19/h6-10,12H,5,11H2,1-4H3,(H,20,24). The second-order valence-corrected chi connectivity index (χ2v) is 6.97. The monoisotopic (exact) mass is 406 g/mol. The molecule has 0 saturated heterocycles. The summed E-state index contributed by atoms with van der Waals surface area (Å²) in [5.74, 6) is -0.235. The molecule has 0 atom stereocenters. The van der Waals surface area contributed by atoms with Crippen molar-refractivity contribution in [3.8, 4) is 0 Å². The highest BCUT2D eigenvalue weighted by Crippen LogP contribution is 2.21. The molecule has 6 nitrogen and oxygen atoms in total. The van der Waals surface area contributed by atoms with Crippen LogP contribution in [-0.4, -0.2) is 40.1 Å². The van der Waals surface area contributed by atoms with Gasteiger partial charge in [0.15, 0.2) is 0 Å². The summed E-state index contributed by atoms with van der Waals surface area (Å²) in [4.78, 5) is 26.3. The molecule has 0 aliphatic carbocycles. The molecule has 2 aromatic rings. The number of likely N-dealkylation sites (N-methyl/N-ethyl adjacent to an activating group) is 1. The molecule has 0 bridgehead atoms. The van der Waals surface area contributed by atoms with Crippen LogP contribution in [0.5, 0.6) is 0 Å². The molecule has 1 heterocycles. The Labute approximate surface area is 156 Å². The van der Waals surface area contributed by atoms with Gasteiger partial charge >= 0.3 is 0 Å². The van der Waals surface area contributed by atoms with Crippen molar-refractivity contribution in [2.45, 2.75) is 33.2 Å². The quantitative estimate of drug-likeness (QED) is 0.797. The van der Waals surface area contributed by atoms with Gasteiger partial charge in [0.2, 0.25) is 5.91 Å². The first kappa shape index (κ1) is 19.2. The van der Waals surface area contributed by atoms with Crippen molar-refractivity contribution in [1.82, 2.24) is 14.7 Å². The van der Waals surface area contributed by atoms with Gasteiger partial charge in [-0.3, -0.25) is 14.3 Å². The Morgan fingerprint density at radius 2 is 2.00 bits per heavy atom. The van der Waals surface area contributed by atoms with Crippen molar-refractivity contribution in [1.29, 1.82) is 0 Å². The van der Waals surface area contributed by atoms with Gasteiger partial charge in [0, 0.05) is 18.1 Å². The van der Waals surface area contributed by atoms with Gasteiger partial charge in [0.05, 0.1) is 17.9 Å². The van der Waals surface area contributed by atoms with Crippen LogP contribution in [0.2, 0.25) is 0 Å². The zero-order chi connectivity index (χ0) is 18.6. The first-order valence-corrected chi connectivity index (χ1v) is 9.00. The third-order valence-electron chi connectivity index (χ3n) is 3.78. The maximum Gasteiger partial charge on any atom is 0.272 e. The number of rotatable bonds is 6. The predicted molar refractivity (Wildman–Crippen MR) is 102 cm³/mol. The molecule has 1 aromatic heterocycles. The lowest BCUT2D eigenvalue weighted by atomic mass is 10.1. The number of anilines is 1. The van der Waals surface area contributed by atoms with E-state index in [1.54, 1.807) is 23.9 Å². The van der Waals surface area contributed by atoms with Gasteiger partial charge < -0.3 is 10.2 Å². The third-order valence-corrected chi connectivity index (χ3v) is 4.48. The van der Waals surface area contributed by atoms with Gasteiger partial charge in [-0.15, -0.1) is 0 Å². The number of halogens is 1. The number of para-hydroxylation sites is 1. The molecule has 0 fully saturated rings. The van der Waals surface area contributed by atoms with Crippen molar-refractivity contribution in [2.75, 3.05) is 18.9 Å². The van der Waals surface area contributed by atoms with Crippen molar-refractivity contribution in [2.24, 2.45) is 0 Å². The van der Waals surface area contributed by atoms with Gasteiger partial charge in [-0.25, -0.2) is 0 Å². The molecule has 0 unspecified atom stereocenters. The van der Waals surface area contributed by atoms with Crippen LogP contribution < -0.4 is 5.32 Å². The van der Waals surface area contributed by atoms with E-state index in [1.165, 1.54) is 4.90 Å². The lowest BCUT2D eigenvalue weighted by Crippen LogP contribution is -2.36. The summed E-state index contributed by atoms with van der Waals surface area (Å²) < 4.78 is 2.47. The Bertz CT molecular complexity index is 770. The molecule has 0 saturated carbocycles. The first-order chi connectivity index (χ1) is 11.8. The van der Waals surface area contributed by atoms with Crippen molar-refractivity contribution in [3.05, 3.63) is 46.2 Å². The van der Waals surface area contributed by atoms with Crippen molar-refractivity contribution >= 4 is 33.4 Å². The van der Waals surface area contributed by atoms with Crippen molar-refractivity contribution < 1.29 is 9.59 Å². The number of nitrogens with one attached hydrogen (secondary N) is 1. The molecule has 0 spiro atoms. The second-order valence-electron chi connectivity index (χ2n) is 6.11. The highest BCUT2D eigenvalue weighted by molar-refractivity contribution is 9.10. The zero-order valence-electron chi connectivity index (χ0n) is 14.9. The molecular weight excluding hydrogens is 384 g/mol. The van der Waals surface area contributed by atoms with Crippen LogP contribution in [0, 0.1) is 0 Å². The Morgan fingerprint density at radius 3 is 2.60 bits per heavy atom. The number of hydrogen-bond acceptors (Lipinski definition) is 3. The van der Waals surface area contributed by atoms with E-state index in [4.69, 9.17) is 0 Å². The highest BCUT2D eigenvalue weighted by atomic mass is 79.9.